The fourth-order valence-electron chi connectivity index (χ4n) is 2.68. The van der Waals surface area contributed by atoms with Crippen LogP contribution in [0.5, 0.6) is 0 Å². The Balaban J connectivity index is 2.69. The number of nitrogens with one attached hydrogen (secondary N) is 3. The number of nitrogens with two attached hydrogens (primary N) is 1. The molecule has 0 aliphatic rings. The molecule has 13 heteroatoms. The van der Waals surface area contributed by atoms with Crippen molar-refractivity contribution >= 4 is 35.6 Å². The summed E-state index contributed by atoms with van der Waals surface area (Å²) >= 11 is 0. The molecule has 0 radical (unpaired) electrons. The molecule has 33 heavy (non-hydrogen) atoms. The number of aliphatic carboxylic acids is 3. The maximum atomic E-state index is 12.4. The second-order valence-electron chi connectivity index (χ2n) is 7.06. The van der Waals surface area contributed by atoms with Crippen molar-refractivity contribution in [3.63, 3.8) is 0 Å². The molecule has 3 amide bonds. The number of hydrogen-bond donors (Lipinski definition) is 7. The van der Waals surface area contributed by atoms with Gasteiger partial charge in [-0.05, 0) is 12.0 Å². The van der Waals surface area contributed by atoms with E-state index in [0.29, 0.717) is 5.56 Å². The van der Waals surface area contributed by atoms with Gasteiger partial charge in [0.15, 0.2) is 0 Å². The van der Waals surface area contributed by atoms with E-state index in [2.05, 4.69) is 16.0 Å². The van der Waals surface area contributed by atoms with Crippen LogP contribution in [-0.2, 0) is 35.2 Å². The van der Waals surface area contributed by atoms with Gasteiger partial charge >= 0.3 is 17.9 Å². The third-order valence-corrected chi connectivity index (χ3v) is 4.35. The van der Waals surface area contributed by atoms with Gasteiger partial charge < -0.3 is 37.0 Å². The molecule has 1 aromatic rings. The molecule has 0 aliphatic carbocycles. The standard InChI is InChI=1S/C20H26N4O9/c21-12(9-17(28)29)18(30)24-13(6-7-16(26)27)19(31)22-10-15(25)23-14(20(32)33)8-11-4-2-1-3-5-11/h1-5,12-14H,6-10,21H2,(H,22,31)(H,23,25)(H,24,30)(H,26,27)(H,28,29)(H,32,33). The highest BCUT2D eigenvalue weighted by Crippen LogP contribution is 2.04. The summed E-state index contributed by atoms with van der Waals surface area (Å²) in [5.74, 6) is -6.60. The average molecular weight is 466 g/mol. The number of hydrogen-bond acceptors (Lipinski definition) is 7. The van der Waals surface area contributed by atoms with Gasteiger partial charge in [0.1, 0.15) is 12.1 Å². The Morgan fingerprint density at radius 1 is 0.848 bits per heavy atom. The van der Waals surface area contributed by atoms with E-state index in [-0.39, 0.29) is 12.8 Å². The predicted octanol–water partition coefficient (Wildman–Crippen LogP) is -1.93. The van der Waals surface area contributed by atoms with Crippen molar-refractivity contribution in [1.29, 1.82) is 0 Å². The summed E-state index contributed by atoms with van der Waals surface area (Å²) in [6, 6.07) is 4.42. The van der Waals surface area contributed by atoms with Crippen LogP contribution in [0.4, 0.5) is 0 Å². The fourth-order valence-corrected chi connectivity index (χ4v) is 2.68. The van der Waals surface area contributed by atoms with Gasteiger partial charge in [0.2, 0.25) is 17.7 Å². The van der Waals surface area contributed by atoms with Gasteiger partial charge in [0.25, 0.3) is 0 Å². The normalized spacial score (nSPS) is 13.1. The molecule has 0 spiro atoms. The number of rotatable bonds is 14. The molecule has 1 rings (SSSR count). The van der Waals surface area contributed by atoms with Crippen molar-refractivity contribution in [3.05, 3.63) is 35.9 Å². The summed E-state index contributed by atoms with van der Waals surface area (Å²) in [4.78, 5) is 69.5. The van der Waals surface area contributed by atoms with Crippen molar-refractivity contribution in [2.24, 2.45) is 5.73 Å². The Kier molecular flexibility index (Phi) is 11.0. The SMILES string of the molecule is NC(CC(=O)O)C(=O)NC(CCC(=O)O)C(=O)NCC(=O)NC(Cc1ccccc1)C(=O)O. The number of carbonyl (C=O) groups is 6. The first kappa shape index (κ1) is 27.0. The molecule has 0 saturated heterocycles. The highest BCUT2D eigenvalue weighted by molar-refractivity contribution is 5.93. The van der Waals surface area contributed by atoms with Gasteiger partial charge in [-0.25, -0.2) is 4.79 Å². The molecular weight excluding hydrogens is 440 g/mol. The molecule has 13 nitrogen and oxygen atoms in total. The second-order valence-corrected chi connectivity index (χ2v) is 7.06. The van der Waals surface area contributed by atoms with Crippen LogP contribution in [0.3, 0.4) is 0 Å². The maximum absolute atomic E-state index is 12.4. The first-order valence-electron chi connectivity index (χ1n) is 9.83. The lowest BCUT2D eigenvalue weighted by atomic mass is 10.1. The molecule has 0 aliphatic heterocycles. The smallest absolute Gasteiger partial charge is 0.326 e. The lowest BCUT2D eigenvalue weighted by molar-refractivity contribution is -0.141. The molecule has 0 fully saturated rings. The minimum absolute atomic E-state index is 0.00855. The third kappa shape index (κ3) is 10.7. The molecule has 1 aromatic carbocycles. The van der Waals surface area contributed by atoms with Crippen molar-refractivity contribution in [3.8, 4) is 0 Å². The maximum Gasteiger partial charge on any atom is 0.326 e. The number of benzene rings is 1. The lowest BCUT2D eigenvalue weighted by Crippen LogP contribution is -2.54. The van der Waals surface area contributed by atoms with Gasteiger partial charge in [-0.2, -0.15) is 0 Å². The van der Waals surface area contributed by atoms with E-state index in [1.54, 1.807) is 30.3 Å². The van der Waals surface area contributed by atoms with Gasteiger partial charge in [-0.1, -0.05) is 30.3 Å². The largest absolute Gasteiger partial charge is 0.481 e. The van der Waals surface area contributed by atoms with Crippen LogP contribution >= 0.6 is 0 Å². The minimum atomic E-state index is -1.47. The minimum Gasteiger partial charge on any atom is -0.481 e. The van der Waals surface area contributed by atoms with Gasteiger partial charge in [-0.15, -0.1) is 0 Å². The lowest BCUT2D eigenvalue weighted by Gasteiger charge is -2.20. The summed E-state index contributed by atoms with van der Waals surface area (Å²) in [5.41, 5.74) is 6.10. The summed E-state index contributed by atoms with van der Waals surface area (Å²) < 4.78 is 0. The van der Waals surface area contributed by atoms with Crippen LogP contribution in [0.2, 0.25) is 0 Å². The first-order chi connectivity index (χ1) is 15.5. The molecule has 0 bridgehead atoms. The highest BCUT2D eigenvalue weighted by Gasteiger charge is 2.26. The first-order valence-corrected chi connectivity index (χ1v) is 9.83. The van der Waals surface area contributed by atoms with Crippen molar-refractivity contribution in [2.45, 2.75) is 43.8 Å². The number of carbonyl (C=O) groups excluding carboxylic acids is 3. The van der Waals surface area contributed by atoms with Crippen LogP contribution in [0.25, 0.3) is 0 Å². The highest BCUT2D eigenvalue weighted by atomic mass is 16.4. The number of carboxylic acids is 3. The van der Waals surface area contributed by atoms with Crippen LogP contribution < -0.4 is 21.7 Å². The topological polar surface area (TPSA) is 225 Å². The summed E-state index contributed by atoms with van der Waals surface area (Å²) in [6.07, 6.45) is -1.55. The Hall–Kier alpha value is -4.00. The predicted molar refractivity (Wildman–Crippen MR) is 112 cm³/mol. The summed E-state index contributed by atoms with van der Waals surface area (Å²) in [5, 5.41) is 33.5. The van der Waals surface area contributed by atoms with Crippen LogP contribution in [0.15, 0.2) is 30.3 Å². The van der Waals surface area contributed by atoms with Gasteiger partial charge in [0.05, 0.1) is 19.0 Å². The van der Waals surface area contributed by atoms with Crippen LogP contribution in [0, 0.1) is 0 Å². The quantitative estimate of drug-likeness (QED) is 0.161. The molecule has 8 N–H and O–H groups in total. The Bertz CT molecular complexity index is 876. The Morgan fingerprint density at radius 3 is 2.03 bits per heavy atom. The molecular formula is C20H26N4O9. The van der Waals surface area contributed by atoms with Crippen LogP contribution in [-0.4, -0.2) is 75.6 Å². The van der Waals surface area contributed by atoms with E-state index >= 15 is 0 Å². The average Bonchev–Trinajstić information content (AvgIpc) is 2.74. The monoisotopic (exact) mass is 466 g/mol. The third-order valence-electron chi connectivity index (χ3n) is 4.35. The van der Waals surface area contributed by atoms with Gasteiger partial charge in [0, 0.05) is 12.8 Å². The molecule has 0 aromatic heterocycles. The van der Waals surface area contributed by atoms with Gasteiger partial charge in [-0.3, -0.25) is 24.0 Å². The molecule has 0 heterocycles. The molecule has 3 unspecified atom stereocenters. The van der Waals surface area contributed by atoms with E-state index < -0.39 is 73.1 Å². The van der Waals surface area contributed by atoms with E-state index in [1.807, 2.05) is 0 Å². The van der Waals surface area contributed by atoms with E-state index in [9.17, 15) is 33.9 Å². The van der Waals surface area contributed by atoms with Crippen molar-refractivity contribution in [1.82, 2.24) is 16.0 Å². The van der Waals surface area contributed by atoms with Crippen LogP contribution in [0.1, 0.15) is 24.8 Å². The summed E-state index contributed by atoms with van der Waals surface area (Å²) in [6.45, 7) is -0.641. The Labute approximate surface area is 188 Å². The fraction of sp³-hybridized carbons (Fsp3) is 0.400. The zero-order valence-electron chi connectivity index (χ0n) is 17.5. The van der Waals surface area contributed by atoms with Crippen molar-refractivity contribution < 1.29 is 44.1 Å². The molecule has 3 atom stereocenters. The van der Waals surface area contributed by atoms with E-state index in [1.165, 1.54) is 0 Å². The second kappa shape index (κ2) is 13.4. The zero-order valence-corrected chi connectivity index (χ0v) is 17.5. The van der Waals surface area contributed by atoms with E-state index in [4.69, 9.17) is 15.9 Å². The Morgan fingerprint density at radius 2 is 1.48 bits per heavy atom. The summed E-state index contributed by atoms with van der Waals surface area (Å²) in [7, 11) is 0. The molecule has 180 valence electrons. The van der Waals surface area contributed by atoms with E-state index in [0.717, 1.165) is 0 Å². The van der Waals surface area contributed by atoms with Crippen molar-refractivity contribution in [2.75, 3.05) is 6.54 Å². The number of amides is 3. The molecule has 0 saturated carbocycles. The zero-order chi connectivity index (χ0) is 25.0. The number of carboxylic acid groups (broad SMARTS) is 3.